The molecule has 4 rings (SSSR count). The normalized spacial score (nSPS) is 17.2. The second-order valence-corrected chi connectivity index (χ2v) is 10.1. The Kier molecular flexibility index (Phi) is 5.93. The van der Waals surface area contributed by atoms with Crippen LogP contribution in [-0.4, -0.2) is 45.3 Å². The van der Waals surface area contributed by atoms with E-state index in [-0.39, 0.29) is 33.2 Å². The first-order valence-corrected chi connectivity index (χ1v) is 12.0. The Morgan fingerprint density at radius 3 is 2.45 bits per heavy atom. The number of aromatic nitrogens is 3. The van der Waals surface area contributed by atoms with E-state index < -0.39 is 27.2 Å². The predicted molar refractivity (Wildman–Crippen MR) is 124 cm³/mol. The van der Waals surface area contributed by atoms with Crippen LogP contribution in [0.3, 0.4) is 0 Å². The first-order chi connectivity index (χ1) is 15.6. The minimum atomic E-state index is -3.63. The number of aryl methyl sites for hydroxylation is 1. The fraction of sp³-hybridized carbons (Fsp3) is 0.364. The van der Waals surface area contributed by atoms with Crippen molar-refractivity contribution in [3.63, 3.8) is 0 Å². The van der Waals surface area contributed by atoms with Crippen LogP contribution in [-0.2, 0) is 24.1 Å². The van der Waals surface area contributed by atoms with Crippen LogP contribution in [0.2, 0.25) is 0 Å². The zero-order valence-corrected chi connectivity index (χ0v) is 19.4. The van der Waals surface area contributed by atoms with Crippen LogP contribution in [0.25, 0.3) is 11.0 Å². The van der Waals surface area contributed by atoms with Gasteiger partial charge in [0.25, 0.3) is 11.5 Å². The first-order valence-electron chi connectivity index (χ1n) is 10.6. The predicted octanol–water partition coefficient (Wildman–Crippen LogP) is 1.45. The molecular formula is C22H25N5O5S. The summed E-state index contributed by atoms with van der Waals surface area (Å²) in [6.45, 7) is 2.40. The standard InChI is InChI=1S/C22H25N5O5S/c1-14-6-4-5-11-27(14)33(31,32)17-9-7-15(8-10-17)20(28)24-16-12-18-19(23-13-16)25(2)22(30)26(3)21(18)29/h7-10,12-14H,4-6,11H2,1-3H3,(H,24,28). The SMILES string of the molecule is CC1CCCCN1S(=O)(=O)c1ccc(C(=O)Nc2cnc3c(c2)c(=O)n(C)c(=O)n3C)cc1. The molecule has 1 N–H and O–H groups in total. The highest BCUT2D eigenvalue weighted by molar-refractivity contribution is 7.89. The van der Waals surface area contributed by atoms with Gasteiger partial charge in [0.15, 0.2) is 0 Å². The number of carbonyl (C=O) groups is 1. The third-order valence-corrected chi connectivity index (χ3v) is 8.04. The first kappa shape index (κ1) is 22.9. The van der Waals surface area contributed by atoms with Crippen molar-refractivity contribution < 1.29 is 13.2 Å². The number of benzene rings is 1. The third kappa shape index (κ3) is 4.09. The van der Waals surface area contributed by atoms with E-state index in [1.165, 1.54) is 59.5 Å². The van der Waals surface area contributed by atoms with Crippen LogP contribution in [0.1, 0.15) is 36.5 Å². The van der Waals surface area contributed by atoms with Gasteiger partial charge in [-0.05, 0) is 50.1 Å². The van der Waals surface area contributed by atoms with Crippen LogP contribution in [0.4, 0.5) is 5.69 Å². The number of hydrogen-bond acceptors (Lipinski definition) is 6. The number of piperidine rings is 1. The van der Waals surface area contributed by atoms with Crippen molar-refractivity contribution in [3.8, 4) is 0 Å². The van der Waals surface area contributed by atoms with Crippen molar-refractivity contribution in [3.05, 3.63) is 62.9 Å². The fourth-order valence-electron chi connectivity index (χ4n) is 4.08. The molecule has 1 saturated heterocycles. The number of sulfonamides is 1. The monoisotopic (exact) mass is 471 g/mol. The van der Waals surface area contributed by atoms with Crippen molar-refractivity contribution in [1.82, 2.24) is 18.4 Å². The fourth-order valence-corrected chi connectivity index (χ4v) is 5.78. The molecule has 0 saturated carbocycles. The average Bonchev–Trinajstić information content (AvgIpc) is 2.81. The van der Waals surface area contributed by atoms with E-state index >= 15 is 0 Å². The molecule has 1 atom stereocenters. The summed E-state index contributed by atoms with van der Waals surface area (Å²) in [5.41, 5.74) is -0.261. The van der Waals surface area contributed by atoms with Crippen molar-refractivity contribution in [1.29, 1.82) is 0 Å². The summed E-state index contributed by atoms with van der Waals surface area (Å²) in [4.78, 5) is 41.5. The maximum absolute atomic E-state index is 13.0. The number of rotatable bonds is 4. The summed E-state index contributed by atoms with van der Waals surface area (Å²) in [6.07, 6.45) is 4.03. The van der Waals surface area contributed by atoms with Gasteiger partial charge in [-0.15, -0.1) is 0 Å². The number of amides is 1. The molecule has 3 heterocycles. The maximum atomic E-state index is 13.0. The van der Waals surface area contributed by atoms with Gasteiger partial charge in [0.05, 0.1) is 22.2 Å². The zero-order valence-electron chi connectivity index (χ0n) is 18.6. The van der Waals surface area contributed by atoms with Crippen molar-refractivity contribution in [2.24, 2.45) is 14.1 Å². The molecule has 33 heavy (non-hydrogen) atoms. The Balaban J connectivity index is 1.58. The number of nitrogens with zero attached hydrogens (tertiary/aromatic N) is 4. The van der Waals surface area contributed by atoms with E-state index in [0.29, 0.717) is 6.54 Å². The largest absolute Gasteiger partial charge is 0.332 e. The Hall–Kier alpha value is -3.31. The molecule has 1 aromatic carbocycles. The van der Waals surface area contributed by atoms with E-state index in [0.717, 1.165) is 23.8 Å². The molecule has 0 bridgehead atoms. The lowest BCUT2D eigenvalue weighted by atomic mass is 10.1. The summed E-state index contributed by atoms with van der Waals surface area (Å²) in [7, 11) is -0.746. The minimum Gasteiger partial charge on any atom is -0.321 e. The summed E-state index contributed by atoms with van der Waals surface area (Å²) in [6, 6.07) is 7.16. The lowest BCUT2D eigenvalue weighted by Gasteiger charge is -2.32. The Morgan fingerprint density at radius 1 is 1.09 bits per heavy atom. The lowest BCUT2D eigenvalue weighted by Crippen LogP contribution is -2.41. The highest BCUT2D eigenvalue weighted by Crippen LogP contribution is 2.25. The number of carbonyl (C=O) groups excluding carboxylic acids is 1. The molecular weight excluding hydrogens is 446 g/mol. The number of pyridine rings is 1. The minimum absolute atomic E-state index is 0.0562. The van der Waals surface area contributed by atoms with Gasteiger partial charge < -0.3 is 5.32 Å². The molecule has 1 amide bonds. The van der Waals surface area contributed by atoms with E-state index in [2.05, 4.69) is 10.3 Å². The van der Waals surface area contributed by atoms with Crippen LogP contribution >= 0.6 is 0 Å². The molecule has 0 aliphatic carbocycles. The summed E-state index contributed by atoms with van der Waals surface area (Å²) in [5.74, 6) is -0.479. The molecule has 1 aliphatic rings. The van der Waals surface area contributed by atoms with Gasteiger partial charge in [-0.1, -0.05) is 6.42 Å². The van der Waals surface area contributed by atoms with Crippen molar-refractivity contribution >= 4 is 32.7 Å². The quantitative estimate of drug-likeness (QED) is 0.614. The van der Waals surface area contributed by atoms with Gasteiger partial charge >= 0.3 is 5.69 Å². The van der Waals surface area contributed by atoms with E-state index in [1.807, 2.05) is 6.92 Å². The Labute approximate surface area is 190 Å². The van der Waals surface area contributed by atoms with E-state index in [1.54, 1.807) is 0 Å². The van der Waals surface area contributed by atoms with Gasteiger partial charge in [0, 0.05) is 32.2 Å². The number of fused-ring (bicyclic) bond motifs is 1. The maximum Gasteiger partial charge on any atom is 0.332 e. The smallest absolute Gasteiger partial charge is 0.321 e. The lowest BCUT2D eigenvalue weighted by molar-refractivity contribution is 0.102. The van der Waals surface area contributed by atoms with Crippen molar-refractivity contribution in [2.75, 3.05) is 11.9 Å². The van der Waals surface area contributed by atoms with Crippen LogP contribution in [0.5, 0.6) is 0 Å². The summed E-state index contributed by atoms with van der Waals surface area (Å²) >= 11 is 0. The van der Waals surface area contributed by atoms with Gasteiger partial charge in [-0.25, -0.2) is 18.2 Å². The molecule has 1 aliphatic heterocycles. The van der Waals surface area contributed by atoms with Crippen molar-refractivity contribution in [2.45, 2.75) is 37.1 Å². The van der Waals surface area contributed by atoms with Crippen LogP contribution in [0.15, 0.2) is 51.0 Å². The second kappa shape index (κ2) is 8.56. The molecule has 3 aromatic rings. The van der Waals surface area contributed by atoms with Gasteiger partial charge in [0.2, 0.25) is 10.0 Å². The molecule has 1 unspecified atom stereocenters. The summed E-state index contributed by atoms with van der Waals surface area (Å²) in [5, 5.41) is 2.85. The number of anilines is 1. The third-order valence-electron chi connectivity index (χ3n) is 6.02. The Morgan fingerprint density at radius 2 is 1.79 bits per heavy atom. The number of nitrogens with one attached hydrogen (secondary N) is 1. The molecule has 11 heteroatoms. The van der Waals surface area contributed by atoms with Gasteiger partial charge in [-0.2, -0.15) is 4.31 Å². The van der Waals surface area contributed by atoms with Gasteiger partial charge in [-0.3, -0.25) is 18.7 Å². The summed E-state index contributed by atoms with van der Waals surface area (Å²) < 4.78 is 29.7. The zero-order chi connectivity index (χ0) is 23.9. The second-order valence-electron chi connectivity index (χ2n) is 8.24. The Bertz CT molecular complexity index is 1460. The van der Waals surface area contributed by atoms with E-state index in [4.69, 9.17) is 0 Å². The molecule has 10 nitrogen and oxygen atoms in total. The molecule has 0 radical (unpaired) electrons. The molecule has 1 fully saturated rings. The van der Waals surface area contributed by atoms with Crippen LogP contribution in [0, 0.1) is 0 Å². The number of hydrogen-bond donors (Lipinski definition) is 1. The topological polar surface area (TPSA) is 123 Å². The average molecular weight is 472 g/mol. The van der Waals surface area contributed by atoms with Gasteiger partial charge in [0.1, 0.15) is 5.65 Å². The van der Waals surface area contributed by atoms with E-state index in [9.17, 15) is 22.8 Å². The molecule has 0 spiro atoms. The highest BCUT2D eigenvalue weighted by Gasteiger charge is 2.30. The molecule has 2 aromatic heterocycles. The van der Waals surface area contributed by atoms with Crippen LogP contribution < -0.4 is 16.6 Å². The molecule has 174 valence electrons. The highest BCUT2D eigenvalue weighted by atomic mass is 32.2.